The van der Waals surface area contributed by atoms with Gasteiger partial charge in [0.05, 0.1) is 0 Å². The Hall–Kier alpha value is -3.13. The van der Waals surface area contributed by atoms with Gasteiger partial charge < -0.3 is 10.6 Å². The summed E-state index contributed by atoms with van der Waals surface area (Å²) < 4.78 is 15.5. The zero-order valence-electron chi connectivity index (χ0n) is 16.1. The van der Waals surface area contributed by atoms with Crippen LogP contribution in [0.25, 0.3) is 5.69 Å². The van der Waals surface area contributed by atoms with Gasteiger partial charge in [-0.2, -0.15) is 0 Å². The van der Waals surface area contributed by atoms with E-state index in [0.29, 0.717) is 11.1 Å². The summed E-state index contributed by atoms with van der Waals surface area (Å²) in [7, 11) is 0. The van der Waals surface area contributed by atoms with Gasteiger partial charge in [-0.3, -0.25) is 14.2 Å². The molecule has 0 fully saturated rings. The van der Waals surface area contributed by atoms with Gasteiger partial charge >= 0.3 is 0 Å². The van der Waals surface area contributed by atoms with Crippen molar-refractivity contribution in [3.63, 3.8) is 0 Å². The molecule has 0 unspecified atom stereocenters. The number of rotatable bonds is 7. The number of halogens is 1. The second-order valence-electron chi connectivity index (χ2n) is 6.31. The summed E-state index contributed by atoms with van der Waals surface area (Å²) in [6.45, 7) is 2.12. The van der Waals surface area contributed by atoms with Crippen molar-refractivity contribution in [3.05, 3.63) is 77.4 Å². The Bertz CT molecular complexity index is 1040. The van der Waals surface area contributed by atoms with E-state index in [2.05, 4.69) is 15.6 Å². The molecule has 29 heavy (non-hydrogen) atoms. The van der Waals surface area contributed by atoms with Crippen molar-refractivity contribution in [1.82, 2.24) is 20.2 Å². The van der Waals surface area contributed by atoms with Gasteiger partial charge in [0.2, 0.25) is 0 Å². The summed E-state index contributed by atoms with van der Waals surface area (Å²) in [5.41, 5.74) is 2.08. The zero-order valence-corrected chi connectivity index (χ0v) is 16.9. The van der Waals surface area contributed by atoms with E-state index in [9.17, 15) is 14.0 Å². The molecule has 2 N–H and O–H groups in total. The molecule has 0 aliphatic carbocycles. The van der Waals surface area contributed by atoms with E-state index in [0.717, 1.165) is 10.8 Å². The largest absolute Gasteiger partial charge is 0.350 e. The number of carbonyl (C=O) groups is 2. The SMILES string of the molecule is CSc1nccn1-c1cccc(C(=O)NCCNC(=O)c2ccc(C)c(F)c2)c1. The molecule has 0 spiro atoms. The standard InChI is InChI=1S/C21H21FN4O2S/c1-14-6-7-16(13-18(14)22)20(28)24-9-8-23-19(27)15-4-3-5-17(12-15)26-11-10-25-21(26)29-2/h3-7,10-13H,8-9H2,1-2H3,(H,23,27)(H,24,28). The molecule has 2 aromatic carbocycles. The summed E-state index contributed by atoms with van der Waals surface area (Å²) >= 11 is 1.52. The second kappa shape index (κ2) is 9.38. The molecule has 150 valence electrons. The molecule has 0 bridgehead atoms. The summed E-state index contributed by atoms with van der Waals surface area (Å²) in [6, 6.07) is 11.5. The van der Waals surface area contributed by atoms with Gasteiger partial charge in [-0.05, 0) is 49.1 Å². The topological polar surface area (TPSA) is 76.0 Å². The molecule has 0 aliphatic heterocycles. The van der Waals surface area contributed by atoms with Gasteiger partial charge in [-0.15, -0.1) is 0 Å². The minimum Gasteiger partial charge on any atom is -0.350 e. The molecule has 1 aromatic heterocycles. The van der Waals surface area contributed by atoms with E-state index in [1.807, 2.05) is 29.2 Å². The number of nitrogens with zero attached hydrogens (tertiary/aromatic N) is 2. The number of amides is 2. The number of nitrogens with one attached hydrogen (secondary N) is 2. The van der Waals surface area contributed by atoms with Crippen LogP contribution in [0.1, 0.15) is 26.3 Å². The minimum absolute atomic E-state index is 0.234. The van der Waals surface area contributed by atoms with Gasteiger partial charge in [-0.25, -0.2) is 9.37 Å². The number of benzene rings is 2. The number of carbonyl (C=O) groups excluding carboxylic acids is 2. The van der Waals surface area contributed by atoms with Crippen LogP contribution < -0.4 is 10.6 Å². The third-order valence-electron chi connectivity index (χ3n) is 4.31. The highest BCUT2D eigenvalue weighted by Crippen LogP contribution is 2.18. The first kappa shape index (κ1) is 20.6. The maximum Gasteiger partial charge on any atom is 0.251 e. The summed E-state index contributed by atoms with van der Waals surface area (Å²) in [6.07, 6.45) is 5.49. The third kappa shape index (κ3) is 5.03. The molecule has 2 amide bonds. The number of thioether (sulfide) groups is 1. The Morgan fingerprint density at radius 1 is 1.07 bits per heavy atom. The lowest BCUT2D eigenvalue weighted by molar-refractivity contribution is 0.0927. The number of aromatic nitrogens is 2. The average Bonchev–Trinajstić information content (AvgIpc) is 3.22. The Kier molecular flexibility index (Phi) is 6.66. The molecule has 0 aliphatic rings. The lowest BCUT2D eigenvalue weighted by Gasteiger charge is -2.10. The highest BCUT2D eigenvalue weighted by Gasteiger charge is 2.10. The van der Waals surface area contributed by atoms with Crippen molar-refractivity contribution in [1.29, 1.82) is 0 Å². The van der Waals surface area contributed by atoms with Crippen molar-refractivity contribution < 1.29 is 14.0 Å². The van der Waals surface area contributed by atoms with Crippen molar-refractivity contribution in [2.24, 2.45) is 0 Å². The van der Waals surface area contributed by atoms with Crippen LogP contribution in [0, 0.1) is 12.7 Å². The van der Waals surface area contributed by atoms with Crippen molar-refractivity contribution in [3.8, 4) is 5.69 Å². The number of aryl methyl sites for hydroxylation is 1. The van der Waals surface area contributed by atoms with E-state index in [-0.39, 0.29) is 30.5 Å². The number of hydrogen-bond donors (Lipinski definition) is 2. The maximum absolute atomic E-state index is 13.6. The molecule has 3 aromatic rings. The summed E-state index contributed by atoms with van der Waals surface area (Å²) in [5, 5.41) is 6.27. The highest BCUT2D eigenvalue weighted by molar-refractivity contribution is 7.98. The van der Waals surface area contributed by atoms with E-state index in [4.69, 9.17) is 0 Å². The van der Waals surface area contributed by atoms with Crippen LogP contribution in [0.2, 0.25) is 0 Å². The molecule has 6 nitrogen and oxygen atoms in total. The Morgan fingerprint density at radius 3 is 2.41 bits per heavy atom. The summed E-state index contributed by atoms with van der Waals surface area (Å²) in [5.74, 6) is -1.05. The fourth-order valence-electron chi connectivity index (χ4n) is 2.72. The Balaban J connectivity index is 1.54. The fourth-order valence-corrected chi connectivity index (χ4v) is 3.25. The van der Waals surface area contributed by atoms with E-state index in [1.54, 1.807) is 37.4 Å². The molecule has 0 saturated carbocycles. The van der Waals surface area contributed by atoms with Crippen LogP contribution in [-0.4, -0.2) is 40.7 Å². The smallest absolute Gasteiger partial charge is 0.251 e. The quantitative estimate of drug-likeness (QED) is 0.462. The fraction of sp³-hybridized carbons (Fsp3) is 0.190. The van der Waals surface area contributed by atoms with Crippen LogP contribution in [0.5, 0.6) is 0 Å². The van der Waals surface area contributed by atoms with Crippen LogP contribution in [0.4, 0.5) is 4.39 Å². The predicted molar refractivity (Wildman–Crippen MR) is 111 cm³/mol. The first-order chi connectivity index (χ1) is 14.0. The Morgan fingerprint density at radius 2 is 1.76 bits per heavy atom. The van der Waals surface area contributed by atoms with E-state index >= 15 is 0 Å². The minimum atomic E-state index is -0.423. The van der Waals surface area contributed by atoms with Gasteiger partial charge in [0.25, 0.3) is 11.8 Å². The van der Waals surface area contributed by atoms with E-state index < -0.39 is 5.82 Å². The van der Waals surface area contributed by atoms with Crippen molar-refractivity contribution in [2.45, 2.75) is 12.1 Å². The van der Waals surface area contributed by atoms with Crippen molar-refractivity contribution in [2.75, 3.05) is 19.3 Å². The molecular weight excluding hydrogens is 391 g/mol. The lowest BCUT2D eigenvalue weighted by Crippen LogP contribution is -2.34. The molecule has 0 saturated heterocycles. The van der Waals surface area contributed by atoms with Gasteiger partial charge in [-0.1, -0.05) is 23.9 Å². The zero-order chi connectivity index (χ0) is 20.8. The van der Waals surface area contributed by atoms with Gasteiger partial charge in [0, 0.05) is 42.3 Å². The van der Waals surface area contributed by atoms with Crippen LogP contribution in [0.15, 0.2) is 60.0 Å². The first-order valence-electron chi connectivity index (χ1n) is 9.00. The molecule has 8 heteroatoms. The molecule has 3 rings (SSSR count). The molecule has 0 atom stereocenters. The molecule has 1 heterocycles. The predicted octanol–water partition coefficient (Wildman–Crippen LogP) is 3.20. The lowest BCUT2D eigenvalue weighted by atomic mass is 10.1. The highest BCUT2D eigenvalue weighted by atomic mass is 32.2. The number of hydrogen-bond acceptors (Lipinski definition) is 4. The van der Waals surface area contributed by atoms with Crippen LogP contribution in [0.3, 0.4) is 0 Å². The third-order valence-corrected chi connectivity index (χ3v) is 4.97. The van der Waals surface area contributed by atoms with Gasteiger partial charge in [0.1, 0.15) is 5.82 Å². The molecular formula is C21H21FN4O2S. The number of imidazole rings is 1. The van der Waals surface area contributed by atoms with E-state index in [1.165, 1.54) is 17.8 Å². The Labute approximate surface area is 172 Å². The average molecular weight is 412 g/mol. The second-order valence-corrected chi connectivity index (χ2v) is 7.08. The summed E-state index contributed by atoms with van der Waals surface area (Å²) in [4.78, 5) is 28.7. The van der Waals surface area contributed by atoms with Crippen LogP contribution >= 0.6 is 11.8 Å². The van der Waals surface area contributed by atoms with Crippen molar-refractivity contribution >= 4 is 23.6 Å². The van der Waals surface area contributed by atoms with Gasteiger partial charge in [0.15, 0.2) is 5.16 Å². The monoisotopic (exact) mass is 412 g/mol. The first-order valence-corrected chi connectivity index (χ1v) is 10.2. The maximum atomic E-state index is 13.6. The van der Waals surface area contributed by atoms with Crippen LogP contribution in [-0.2, 0) is 0 Å². The normalized spacial score (nSPS) is 10.6. The molecule has 0 radical (unpaired) electrons.